The average molecular weight is 384 g/mol. The second-order valence-electron chi connectivity index (χ2n) is 7.09. The maximum Gasteiger partial charge on any atom is 0.241 e. The zero-order valence-electron chi connectivity index (χ0n) is 15.8. The first-order chi connectivity index (χ1) is 12.9. The lowest BCUT2D eigenvalue weighted by Gasteiger charge is -2.21. The Morgan fingerprint density at radius 3 is 2.22 bits per heavy atom. The third-order valence-corrected chi connectivity index (χ3v) is 6.02. The van der Waals surface area contributed by atoms with Crippen LogP contribution in [0, 0.1) is 5.92 Å². The van der Waals surface area contributed by atoms with Crippen molar-refractivity contribution < 1.29 is 13.2 Å². The van der Waals surface area contributed by atoms with Crippen LogP contribution in [0.4, 0.5) is 0 Å². The molecule has 0 aliphatic rings. The second-order valence-corrected chi connectivity index (χ2v) is 8.80. The van der Waals surface area contributed by atoms with Crippen LogP contribution in [0.2, 0.25) is 0 Å². The molecule has 0 aliphatic heterocycles. The van der Waals surface area contributed by atoms with Gasteiger partial charge in [0.15, 0.2) is 0 Å². The van der Waals surface area contributed by atoms with Crippen LogP contribution in [-0.2, 0) is 10.0 Å². The van der Waals surface area contributed by atoms with E-state index in [4.69, 9.17) is 4.74 Å². The molecule has 0 spiro atoms. The SMILES string of the molecule is COc1ccc(C(CC(C)C)NS(=O)(=O)c2ccc3ccccc3c2)cc1. The van der Waals surface area contributed by atoms with Crippen LogP contribution in [0.5, 0.6) is 5.75 Å². The summed E-state index contributed by atoms with van der Waals surface area (Å²) in [6.07, 6.45) is 0.707. The highest BCUT2D eigenvalue weighted by Crippen LogP contribution is 2.26. The highest BCUT2D eigenvalue weighted by atomic mass is 32.2. The van der Waals surface area contributed by atoms with Gasteiger partial charge in [0.25, 0.3) is 0 Å². The van der Waals surface area contributed by atoms with Crippen molar-refractivity contribution in [3.8, 4) is 5.75 Å². The van der Waals surface area contributed by atoms with Crippen LogP contribution in [-0.4, -0.2) is 15.5 Å². The maximum absolute atomic E-state index is 13.0. The van der Waals surface area contributed by atoms with Gasteiger partial charge in [0.05, 0.1) is 12.0 Å². The monoisotopic (exact) mass is 383 g/mol. The number of hydrogen-bond acceptors (Lipinski definition) is 3. The fourth-order valence-corrected chi connectivity index (χ4v) is 4.42. The highest BCUT2D eigenvalue weighted by molar-refractivity contribution is 7.89. The van der Waals surface area contributed by atoms with E-state index in [0.29, 0.717) is 12.3 Å². The minimum atomic E-state index is -3.64. The van der Waals surface area contributed by atoms with Gasteiger partial charge >= 0.3 is 0 Å². The zero-order valence-corrected chi connectivity index (χ0v) is 16.7. The predicted molar refractivity (Wildman–Crippen MR) is 109 cm³/mol. The minimum Gasteiger partial charge on any atom is -0.497 e. The Hall–Kier alpha value is -2.37. The molecule has 0 radical (unpaired) electrons. The topological polar surface area (TPSA) is 55.4 Å². The Balaban J connectivity index is 1.92. The van der Waals surface area contributed by atoms with Gasteiger partial charge in [-0.2, -0.15) is 0 Å². The largest absolute Gasteiger partial charge is 0.497 e. The number of rotatable bonds is 7. The van der Waals surface area contributed by atoms with Crippen molar-refractivity contribution in [3.05, 3.63) is 72.3 Å². The van der Waals surface area contributed by atoms with Crippen LogP contribution in [0.25, 0.3) is 10.8 Å². The van der Waals surface area contributed by atoms with Gasteiger partial charge in [-0.05, 0) is 52.9 Å². The average Bonchev–Trinajstić information content (AvgIpc) is 2.66. The van der Waals surface area contributed by atoms with Crippen molar-refractivity contribution in [1.82, 2.24) is 4.72 Å². The van der Waals surface area contributed by atoms with Crippen molar-refractivity contribution in [1.29, 1.82) is 0 Å². The number of hydrogen-bond donors (Lipinski definition) is 1. The van der Waals surface area contributed by atoms with Crippen LogP contribution in [0.3, 0.4) is 0 Å². The van der Waals surface area contributed by atoms with Gasteiger partial charge in [-0.15, -0.1) is 0 Å². The lowest BCUT2D eigenvalue weighted by atomic mass is 9.98. The Kier molecular flexibility index (Phi) is 5.82. The normalized spacial score (nSPS) is 13.0. The predicted octanol–water partition coefficient (Wildman–Crippen LogP) is 4.91. The molecule has 0 saturated heterocycles. The molecule has 0 bridgehead atoms. The Bertz CT molecular complexity index is 1010. The van der Waals surface area contributed by atoms with Crippen LogP contribution in [0.15, 0.2) is 71.6 Å². The van der Waals surface area contributed by atoms with Crippen LogP contribution >= 0.6 is 0 Å². The number of ether oxygens (including phenoxy) is 1. The third-order valence-electron chi connectivity index (χ3n) is 4.55. The lowest BCUT2D eigenvalue weighted by Crippen LogP contribution is -2.29. The first-order valence-electron chi connectivity index (χ1n) is 9.04. The zero-order chi connectivity index (χ0) is 19.4. The van der Waals surface area contributed by atoms with Crippen molar-refractivity contribution in [2.75, 3.05) is 7.11 Å². The molecule has 1 N–H and O–H groups in total. The summed E-state index contributed by atoms with van der Waals surface area (Å²) >= 11 is 0. The van der Waals surface area contributed by atoms with Crippen LogP contribution < -0.4 is 9.46 Å². The Labute approximate surface area is 161 Å². The third kappa shape index (κ3) is 4.67. The lowest BCUT2D eigenvalue weighted by molar-refractivity contribution is 0.414. The summed E-state index contributed by atoms with van der Waals surface area (Å²) < 4.78 is 34.2. The molecule has 3 aromatic carbocycles. The van der Waals surface area contributed by atoms with E-state index in [9.17, 15) is 8.42 Å². The number of nitrogens with one attached hydrogen (secondary N) is 1. The quantitative estimate of drug-likeness (QED) is 0.630. The first kappa shape index (κ1) is 19.4. The van der Waals surface area contributed by atoms with Gasteiger partial charge in [-0.3, -0.25) is 0 Å². The van der Waals surface area contributed by atoms with E-state index in [0.717, 1.165) is 22.1 Å². The molecule has 0 saturated carbocycles. The molecule has 27 heavy (non-hydrogen) atoms. The van der Waals surface area contributed by atoms with Gasteiger partial charge in [0.1, 0.15) is 5.75 Å². The van der Waals surface area contributed by atoms with Crippen molar-refractivity contribution in [2.24, 2.45) is 5.92 Å². The molecule has 0 aromatic heterocycles. The molecule has 0 aliphatic carbocycles. The summed E-state index contributed by atoms with van der Waals surface area (Å²) in [5.74, 6) is 1.09. The molecule has 0 heterocycles. The standard InChI is InChI=1S/C22H25NO3S/c1-16(2)14-22(18-8-11-20(26-3)12-9-18)23-27(24,25)21-13-10-17-6-4-5-7-19(17)15-21/h4-13,15-16,22-23H,14H2,1-3H3. The van der Waals surface area contributed by atoms with E-state index < -0.39 is 10.0 Å². The van der Waals surface area contributed by atoms with E-state index in [-0.39, 0.29) is 10.9 Å². The first-order valence-corrected chi connectivity index (χ1v) is 10.5. The molecule has 1 unspecified atom stereocenters. The van der Waals surface area contributed by atoms with Gasteiger partial charge in [-0.1, -0.05) is 56.3 Å². The molecule has 1 atom stereocenters. The van der Waals surface area contributed by atoms with Crippen molar-refractivity contribution >= 4 is 20.8 Å². The summed E-state index contributed by atoms with van der Waals surface area (Å²) in [6.45, 7) is 4.17. The fraction of sp³-hybridized carbons (Fsp3) is 0.273. The van der Waals surface area contributed by atoms with Crippen LogP contribution in [0.1, 0.15) is 31.9 Å². The second kappa shape index (κ2) is 8.11. The number of benzene rings is 3. The van der Waals surface area contributed by atoms with E-state index in [2.05, 4.69) is 18.6 Å². The van der Waals surface area contributed by atoms with Gasteiger partial charge in [0.2, 0.25) is 10.0 Å². The molecule has 3 rings (SSSR count). The number of methoxy groups -OCH3 is 1. The molecule has 0 amide bonds. The molecule has 3 aromatic rings. The molecular formula is C22H25NO3S. The summed E-state index contributed by atoms with van der Waals surface area (Å²) in [5, 5.41) is 1.93. The van der Waals surface area contributed by atoms with Gasteiger partial charge in [-0.25, -0.2) is 13.1 Å². The molecule has 4 nitrogen and oxygen atoms in total. The highest BCUT2D eigenvalue weighted by Gasteiger charge is 2.22. The number of sulfonamides is 1. The van der Waals surface area contributed by atoms with Crippen molar-refractivity contribution in [3.63, 3.8) is 0 Å². The summed E-state index contributed by atoms with van der Waals surface area (Å²) in [5.41, 5.74) is 0.925. The summed E-state index contributed by atoms with van der Waals surface area (Å²) in [4.78, 5) is 0.281. The van der Waals surface area contributed by atoms with Crippen molar-refractivity contribution in [2.45, 2.75) is 31.2 Å². The van der Waals surface area contributed by atoms with Gasteiger partial charge < -0.3 is 4.74 Å². The fourth-order valence-electron chi connectivity index (χ4n) is 3.15. The molecule has 142 valence electrons. The smallest absolute Gasteiger partial charge is 0.241 e. The molecular weight excluding hydrogens is 358 g/mol. The minimum absolute atomic E-state index is 0.281. The van der Waals surface area contributed by atoms with E-state index in [1.807, 2.05) is 54.6 Å². The van der Waals surface area contributed by atoms with E-state index in [1.54, 1.807) is 19.2 Å². The van der Waals surface area contributed by atoms with Gasteiger partial charge in [0, 0.05) is 6.04 Å². The Morgan fingerprint density at radius 2 is 1.59 bits per heavy atom. The summed E-state index contributed by atoms with van der Waals surface area (Å²) in [6, 6.07) is 20.2. The van der Waals surface area contributed by atoms with E-state index in [1.165, 1.54) is 0 Å². The number of fused-ring (bicyclic) bond motifs is 1. The van der Waals surface area contributed by atoms with E-state index >= 15 is 0 Å². The Morgan fingerprint density at radius 1 is 0.926 bits per heavy atom. The molecule has 5 heteroatoms. The summed E-state index contributed by atoms with van der Waals surface area (Å²) in [7, 11) is -2.03. The maximum atomic E-state index is 13.0. The molecule has 0 fully saturated rings.